The predicted octanol–water partition coefficient (Wildman–Crippen LogP) is 5.10. The maximum Gasteiger partial charge on any atom is 0.271 e. The van der Waals surface area contributed by atoms with Gasteiger partial charge >= 0.3 is 0 Å². The van der Waals surface area contributed by atoms with Gasteiger partial charge in [0.2, 0.25) is 0 Å². The number of nitro benzene ring substituents is 1. The Kier molecular flexibility index (Phi) is 4.22. The van der Waals surface area contributed by atoms with Crippen molar-refractivity contribution in [3.63, 3.8) is 0 Å². The summed E-state index contributed by atoms with van der Waals surface area (Å²) < 4.78 is 0.947. The number of rotatable bonds is 4. The average molecular weight is 328 g/mol. The van der Waals surface area contributed by atoms with Gasteiger partial charge in [0.15, 0.2) is 0 Å². The Balaban J connectivity index is 1.86. The number of benzene rings is 2. The maximum atomic E-state index is 10.8. The molecule has 22 heavy (non-hydrogen) atoms. The van der Waals surface area contributed by atoms with Crippen LogP contribution in [0.15, 0.2) is 47.4 Å². The van der Waals surface area contributed by atoms with Gasteiger partial charge in [-0.3, -0.25) is 10.1 Å². The fourth-order valence-electron chi connectivity index (χ4n) is 2.00. The van der Waals surface area contributed by atoms with E-state index in [1.807, 2.05) is 18.4 Å². The highest BCUT2D eigenvalue weighted by molar-refractivity contribution is 7.98. The van der Waals surface area contributed by atoms with E-state index in [1.165, 1.54) is 28.4 Å². The van der Waals surface area contributed by atoms with Crippen molar-refractivity contribution in [3.8, 4) is 0 Å². The first-order valence-electron chi connectivity index (χ1n) is 6.53. The van der Waals surface area contributed by atoms with Gasteiger partial charge in [-0.2, -0.15) is 0 Å². The summed E-state index contributed by atoms with van der Waals surface area (Å²) in [6, 6.07) is 13.0. The second-order valence-corrected chi connectivity index (χ2v) is 6.51. The zero-order chi connectivity index (χ0) is 15.5. The second-order valence-electron chi connectivity index (χ2n) is 4.57. The lowest BCUT2D eigenvalue weighted by atomic mass is 10.2. The molecule has 0 saturated heterocycles. The van der Waals surface area contributed by atoms with Crippen molar-refractivity contribution in [2.45, 2.75) is 4.90 Å². The van der Waals surface area contributed by atoms with Crippen LogP contribution in [-0.2, 0) is 0 Å². The van der Waals surface area contributed by atoms with Crippen molar-refractivity contribution < 1.29 is 4.92 Å². The number of nitrogens with zero attached hydrogens (tertiary/aromatic N) is 2. The van der Waals surface area contributed by atoms with Crippen molar-refractivity contribution in [1.29, 1.82) is 0 Å². The van der Waals surface area contributed by atoms with Crippen molar-refractivity contribution in [2.24, 2.45) is 0 Å². The van der Waals surface area contributed by atoms with Gasteiger partial charge in [0.25, 0.3) is 5.69 Å². The zero-order valence-corrected chi connectivity index (χ0v) is 13.4. The van der Waals surface area contributed by atoms with E-state index in [0.29, 0.717) is 5.52 Å². The molecule has 0 saturated carbocycles. The van der Waals surface area contributed by atoms with Gasteiger partial charge in [0.1, 0.15) is 5.01 Å². The Hall–Kier alpha value is -2.18. The lowest BCUT2D eigenvalue weighted by Crippen LogP contribution is -1.86. The van der Waals surface area contributed by atoms with E-state index in [-0.39, 0.29) is 5.69 Å². The molecule has 110 valence electrons. The number of thioether (sulfide) groups is 1. The Morgan fingerprint density at radius 2 is 1.95 bits per heavy atom. The molecule has 0 aliphatic carbocycles. The molecular formula is C16H12N2O2S2. The number of fused-ring (bicyclic) bond motifs is 1. The van der Waals surface area contributed by atoms with Crippen molar-refractivity contribution in [1.82, 2.24) is 4.98 Å². The predicted molar refractivity (Wildman–Crippen MR) is 93.4 cm³/mol. The summed E-state index contributed by atoms with van der Waals surface area (Å²) in [6.07, 6.45) is 5.98. The number of nitro groups is 1. The highest BCUT2D eigenvalue weighted by Gasteiger charge is 2.09. The SMILES string of the molecule is CSc1ccc(C=Cc2nc3cc([N+](=O)[O-])ccc3s2)cc1. The number of thiazole rings is 1. The van der Waals surface area contributed by atoms with E-state index < -0.39 is 4.92 Å². The molecule has 0 spiro atoms. The number of aromatic nitrogens is 1. The summed E-state index contributed by atoms with van der Waals surface area (Å²) in [5.41, 5.74) is 1.83. The molecule has 1 aromatic heterocycles. The van der Waals surface area contributed by atoms with Crippen LogP contribution in [0.3, 0.4) is 0 Å². The second kappa shape index (κ2) is 6.29. The van der Waals surface area contributed by atoms with Gasteiger partial charge in [-0.15, -0.1) is 23.1 Å². The molecule has 0 bridgehead atoms. The van der Waals surface area contributed by atoms with E-state index in [0.717, 1.165) is 15.3 Å². The minimum absolute atomic E-state index is 0.0704. The fourth-order valence-corrected chi connectivity index (χ4v) is 3.26. The van der Waals surface area contributed by atoms with Crippen LogP contribution in [0, 0.1) is 10.1 Å². The van der Waals surface area contributed by atoms with Crippen LogP contribution in [-0.4, -0.2) is 16.2 Å². The van der Waals surface area contributed by atoms with E-state index in [4.69, 9.17) is 0 Å². The highest BCUT2D eigenvalue weighted by Crippen LogP contribution is 2.27. The molecule has 3 rings (SSSR count). The molecule has 0 aliphatic heterocycles. The lowest BCUT2D eigenvalue weighted by molar-refractivity contribution is -0.384. The first-order chi connectivity index (χ1) is 10.7. The molecule has 2 aromatic carbocycles. The Morgan fingerprint density at radius 1 is 1.18 bits per heavy atom. The smallest absolute Gasteiger partial charge is 0.258 e. The zero-order valence-electron chi connectivity index (χ0n) is 11.7. The molecular weight excluding hydrogens is 316 g/mol. The monoisotopic (exact) mass is 328 g/mol. The van der Waals surface area contributed by atoms with Gasteiger partial charge in [-0.25, -0.2) is 4.98 Å². The van der Waals surface area contributed by atoms with Crippen LogP contribution >= 0.6 is 23.1 Å². The van der Waals surface area contributed by atoms with Crippen molar-refractivity contribution >= 4 is 51.2 Å². The first-order valence-corrected chi connectivity index (χ1v) is 8.57. The molecule has 0 unspecified atom stereocenters. The van der Waals surface area contributed by atoms with E-state index in [1.54, 1.807) is 17.8 Å². The minimum Gasteiger partial charge on any atom is -0.258 e. The van der Waals surface area contributed by atoms with Crippen LogP contribution in [0.2, 0.25) is 0 Å². The number of hydrogen-bond acceptors (Lipinski definition) is 5. The standard InChI is InChI=1S/C16H12N2O2S2/c1-21-13-6-2-11(3-7-13)4-9-16-17-14-10-12(18(19)20)5-8-15(14)22-16/h2-10H,1H3. The molecule has 3 aromatic rings. The van der Waals surface area contributed by atoms with Crippen LogP contribution in [0.25, 0.3) is 22.4 Å². The largest absolute Gasteiger partial charge is 0.271 e. The lowest BCUT2D eigenvalue weighted by Gasteiger charge is -1.96. The summed E-state index contributed by atoms with van der Waals surface area (Å²) in [4.78, 5) is 16.0. The Bertz CT molecular complexity index is 854. The van der Waals surface area contributed by atoms with Crippen LogP contribution < -0.4 is 0 Å². The van der Waals surface area contributed by atoms with E-state index >= 15 is 0 Å². The normalized spacial score (nSPS) is 11.3. The Labute approximate surface area is 135 Å². The molecule has 4 nitrogen and oxygen atoms in total. The third-order valence-electron chi connectivity index (χ3n) is 3.13. The molecule has 0 aliphatic rings. The number of non-ortho nitro benzene ring substituents is 1. The topological polar surface area (TPSA) is 56.0 Å². The summed E-state index contributed by atoms with van der Waals surface area (Å²) in [5, 5.41) is 11.6. The molecule has 0 radical (unpaired) electrons. The first kappa shape index (κ1) is 14.7. The highest BCUT2D eigenvalue weighted by atomic mass is 32.2. The quantitative estimate of drug-likeness (QED) is 0.380. The molecule has 0 atom stereocenters. The van der Waals surface area contributed by atoms with Gasteiger partial charge < -0.3 is 0 Å². The summed E-state index contributed by atoms with van der Waals surface area (Å²) >= 11 is 3.23. The summed E-state index contributed by atoms with van der Waals surface area (Å²) in [6.45, 7) is 0. The Morgan fingerprint density at radius 3 is 2.64 bits per heavy atom. The van der Waals surface area contributed by atoms with E-state index in [9.17, 15) is 10.1 Å². The molecule has 1 heterocycles. The average Bonchev–Trinajstić information content (AvgIpc) is 2.95. The van der Waals surface area contributed by atoms with E-state index in [2.05, 4.69) is 29.2 Å². The third-order valence-corrected chi connectivity index (χ3v) is 4.88. The van der Waals surface area contributed by atoms with Crippen LogP contribution in [0.5, 0.6) is 0 Å². The molecule has 6 heteroatoms. The van der Waals surface area contributed by atoms with Crippen molar-refractivity contribution in [2.75, 3.05) is 6.26 Å². The van der Waals surface area contributed by atoms with Gasteiger partial charge in [-0.1, -0.05) is 18.2 Å². The maximum absolute atomic E-state index is 10.8. The minimum atomic E-state index is -0.401. The summed E-state index contributed by atoms with van der Waals surface area (Å²) in [5.74, 6) is 0. The fraction of sp³-hybridized carbons (Fsp3) is 0.0625. The summed E-state index contributed by atoms with van der Waals surface area (Å²) in [7, 11) is 0. The molecule has 0 fully saturated rings. The van der Waals surface area contributed by atoms with Gasteiger partial charge in [0.05, 0.1) is 15.1 Å². The molecule has 0 N–H and O–H groups in total. The van der Waals surface area contributed by atoms with Gasteiger partial charge in [0, 0.05) is 17.0 Å². The van der Waals surface area contributed by atoms with Gasteiger partial charge in [-0.05, 0) is 36.1 Å². The third kappa shape index (κ3) is 3.18. The number of hydrogen-bond donors (Lipinski definition) is 0. The van der Waals surface area contributed by atoms with Crippen molar-refractivity contribution in [3.05, 3.63) is 63.1 Å². The molecule has 0 amide bonds. The van der Waals surface area contributed by atoms with Crippen LogP contribution in [0.1, 0.15) is 10.6 Å². The van der Waals surface area contributed by atoms with Crippen LogP contribution in [0.4, 0.5) is 5.69 Å².